The van der Waals surface area contributed by atoms with E-state index in [-0.39, 0.29) is 0 Å². The lowest BCUT2D eigenvalue weighted by Crippen LogP contribution is -2.25. The number of nitrogens with zero attached hydrogens (tertiary/aromatic N) is 3. The minimum atomic E-state index is 0.543. The van der Waals surface area contributed by atoms with Crippen LogP contribution in [0.3, 0.4) is 0 Å². The second kappa shape index (κ2) is 5.82. The summed E-state index contributed by atoms with van der Waals surface area (Å²) < 4.78 is 0. The standard InChI is InChI=1S/C13H21N5/c1-3-18(4-2)13-16-11(9-12(14)17-13)10-5-7-15-8-6-10/h5,9,15H,3-4,6-8H2,1-2H3,(H2,14,16,17). The molecule has 0 bridgehead atoms. The second-order valence-corrected chi connectivity index (χ2v) is 4.33. The fourth-order valence-electron chi connectivity index (χ4n) is 2.12. The number of aromatic nitrogens is 2. The van der Waals surface area contributed by atoms with E-state index in [1.807, 2.05) is 6.07 Å². The van der Waals surface area contributed by atoms with Gasteiger partial charge in [0.2, 0.25) is 5.95 Å². The third kappa shape index (κ3) is 2.79. The Morgan fingerprint density at radius 3 is 2.72 bits per heavy atom. The van der Waals surface area contributed by atoms with Gasteiger partial charge in [-0.05, 0) is 32.4 Å². The quantitative estimate of drug-likeness (QED) is 0.839. The molecule has 1 aliphatic rings. The Bertz CT molecular complexity index is 437. The first-order valence-electron chi connectivity index (χ1n) is 6.54. The molecule has 0 saturated heterocycles. The Balaban J connectivity index is 2.34. The SMILES string of the molecule is CCN(CC)c1nc(N)cc(C2=CCNCC2)n1. The average Bonchev–Trinajstić information content (AvgIpc) is 2.40. The number of nitrogen functional groups attached to an aromatic ring is 1. The van der Waals surface area contributed by atoms with Gasteiger partial charge in [0.1, 0.15) is 5.82 Å². The average molecular weight is 247 g/mol. The van der Waals surface area contributed by atoms with E-state index in [1.165, 1.54) is 5.57 Å². The fourth-order valence-corrected chi connectivity index (χ4v) is 2.12. The Labute approximate surface area is 108 Å². The van der Waals surface area contributed by atoms with Crippen molar-refractivity contribution in [3.8, 4) is 0 Å². The van der Waals surface area contributed by atoms with Crippen molar-refractivity contribution in [1.82, 2.24) is 15.3 Å². The Hall–Kier alpha value is -1.62. The van der Waals surface area contributed by atoms with Crippen LogP contribution in [0.15, 0.2) is 12.1 Å². The van der Waals surface area contributed by atoms with Gasteiger partial charge in [0, 0.05) is 25.7 Å². The minimum Gasteiger partial charge on any atom is -0.384 e. The first-order chi connectivity index (χ1) is 8.74. The van der Waals surface area contributed by atoms with Crippen LogP contribution in [0.2, 0.25) is 0 Å². The molecule has 0 fully saturated rings. The predicted octanol–water partition coefficient (Wildman–Crippen LogP) is 1.28. The Morgan fingerprint density at radius 1 is 1.33 bits per heavy atom. The molecule has 2 heterocycles. The maximum atomic E-state index is 5.89. The van der Waals surface area contributed by atoms with Gasteiger partial charge in [-0.25, -0.2) is 4.98 Å². The summed E-state index contributed by atoms with van der Waals surface area (Å²) in [5, 5.41) is 3.30. The van der Waals surface area contributed by atoms with Gasteiger partial charge in [0.05, 0.1) is 5.69 Å². The predicted molar refractivity (Wildman–Crippen MR) is 75.5 cm³/mol. The molecule has 5 nitrogen and oxygen atoms in total. The van der Waals surface area contributed by atoms with Gasteiger partial charge in [-0.15, -0.1) is 0 Å². The van der Waals surface area contributed by atoms with Gasteiger partial charge in [0.15, 0.2) is 0 Å². The smallest absolute Gasteiger partial charge is 0.227 e. The maximum absolute atomic E-state index is 5.89. The first-order valence-corrected chi connectivity index (χ1v) is 6.54. The van der Waals surface area contributed by atoms with Crippen molar-refractivity contribution in [2.24, 2.45) is 0 Å². The van der Waals surface area contributed by atoms with Gasteiger partial charge in [-0.2, -0.15) is 4.98 Å². The molecule has 3 N–H and O–H groups in total. The van der Waals surface area contributed by atoms with E-state index in [9.17, 15) is 0 Å². The monoisotopic (exact) mass is 247 g/mol. The van der Waals surface area contributed by atoms with Crippen LogP contribution in [0.25, 0.3) is 5.57 Å². The van der Waals surface area contributed by atoms with Crippen molar-refractivity contribution in [3.05, 3.63) is 17.8 Å². The number of nitrogens with two attached hydrogens (primary N) is 1. The fraction of sp³-hybridized carbons (Fsp3) is 0.538. The number of hydrogen-bond donors (Lipinski definition) is 2. The first kappa shape index (κ1) is 12.8. The zero-order valence-corrected chi connectivity index (χ0v) is 11.1. The summed E-state index contributed by atoms with van der Waals surface area (Å²) in [6.07, 6.45) is 3.17. The molecule has 0 amide bonds. The topological polar surface area (TPSA) is 67.1 Å². The van der Waals surface area contributed by atoms with Crippen molar-refractivity contribution in [2.75, 3.05) is 36.8 Å². The lowest BCUT2D eigenvalue weighted by molar-refractivity contribution is 0.735. The van der Waals surface area contributed by atoms with Crippen molar-refractivity contribution in [1.29, 1.82) is 0 Å². The van der Waals surface area contributed by atoms with Gasteiger partial charge in [-0.1, -0.05) is 6.08 Å². The van der Waals surface area contributed by atoms with Crippen LogP contribution in [-0.2, 0) is 0 Å². The molecule has 5 heteroatoms. The molecule has 2 rings (SSSR count). The van der Waals surface area contributed by atoms with Crippen LogP contribution in [0, 0.1) is 0 Å². The summed E-state index contributed by atoms with van der Waals surface area (Å²) >= 11 is 0. The van der Waals surface area contributed by atoms with E-state index < -0.39 is 0 Å². The van der Waals surface area contributed by atoms with E-state index in [2.05, 4.69) is 40.1 Å². The zero-order chi connectivity index (χ0) is 13.0. The molecule has 0 radical (unpaired) electrons. The molecule has 0 spiro atoms. The summed E-state index contributed by atoms with van der Waals surface area (Å²) in [5.41, 5.74) is 8.12. The van der Waals surface area contributed by atoms with Crippen LogP contribution in [0.5, 0.6) is 0 Å². The van der Waals surface area contributed by atoms with Gasteiger partial charge in [-0.3, -0.25) is 0 Å². The molecule has 0 saturated carbocycles. The molecule has 1 aromatic rings. The molecule has 0 unspecified atom stereocenters. The molecular weight excluding hydrogens is 226 g/mol. The largest absolute Gasteiger partial charge is 0.384 e. The normalized spacial score (nSPS) is 15.3. The highest BCUT2D eigenvalue weighted by Crippen LogP contribution is 2.21. The highest BCUT2D eigenvalue weighted by Gasteiger charge is 2.12. The Morgan fingerprint density at radius 2 is 2.11 bits per heavy atom. The van der Waals surface area contributed by atoms with E-state index >= 15 is 0 Å². The number of anilines is 2. The van der Waals surface area contributed by atoms with Gasteiger partial charge < -0.3 is 16.0 Å². The molecule has 0 atom stereocenters. The van der Waals surface area contributed by atoms with Crippen molar-refractivity contribution < 1.29 is 0 Å². The number of nitrogens with one attached hydrogen (secondary N) is 1. The summed E-state index contributed by atoms with van der Waals surface area (Å²) in [4.78, 5) is 11.1. The highest BCUT2D eigenvalue weighted by molar-refractivity contribution is 5.66. The third-order valence-electron chi connectivity index (χ3n) is 3.17. The molecule has 1 aromatic heterocycles. The van der Waals surface area contributed by atoms with E-state index in [4.69, 9.17) is 5.73 Å². The molecule has 98 valence electrons. The van der Waals surface area contributed by atoms with E-state index in [0.29, 0.717) is 5.82 Å². The van der Waals surface area contributed by atoms with Crippen LogP contribution in [-0.4, -0.2) is 36.1 Å². The Kier molecular flexibility index (Phi) is 4.15. The van der Waals surface area contributed by atoms with Crippen molar-refractivity contribution >= 4 is 17.3 Å². The third-order valence-corrected chi connectivity index (χ3v) is 3.17. The molecule has 1 aliphatic heterocycles. The molecule has 0 aromatic carbocycles. The molecule has 0 aliphatic carbocycles. The van der Waals surface area contributed by atoms with Crippen LogP contribution in [0.1, 0.15) is 26.0 Å². The lowest BCUT2D eigenvalue weighted by Gasteiger charge is -2.20. The summed E-state index contributed by atoms with van der Waals surface area (Å²) in [7, 11) is 0. The van der Waals surface area contributed by atoms with Crippen LogP contribution in [0.4, 0.5) is 11.8 Å². The van der Waals surface area contributed by atoms with Crippen LogP contribution >= 0.6 is 0 Å². The van der Waals surface area contributed by atoms with E-state index in [0.717, 1.165) is 44.2 Å². The highest BCUT2D eigenvalue weighted by atomic mass is 15.2. The van der Waals surface area contributed by atoms with Crippen LogP contribution < -0.4 is 16.0 Å². The maximum Gasteiger partial charge on any atom is 0.227 e. The minimum absolute atomic E-state index is 0.543. The zero-order valence-electron chi connectivity index (χ0n) is 11.1. The molecule has 18 heavy (non-hydrogen) atoms. The van der Waals surface area contributed by atoms with E-state index in [1.54, 1.807) is 0 Å². The lowest BCUT2D eigenvalue weighted by atomic mass is 10.1. The summed E-state index contributed by atoms with van der Waals surface area (Å²) in [6, 6.07) is 1.87. The number of hydrogen-bond acceptors (Lipinski definition) is 5. The summed E-state index contributed by atoms with van der Waals surface area (Å²) in [5.74, 6) is 1.27. The summed E-state index contributed by atoms with van der Waals surface area (Å²) in [6.45, 7) is 7.87. The number of rotatable bonds is 4. The van der Waals surface area contributed by atoms with Crippen molar-refractivity contribution in [2.45, 2.75) is 20.3 Å². The molecular formula is C13H21N5. The van der Waals surface area contributed by atoms with Gasteiger partial charge in [0.25, 0.3) is 0 Å². The van der Waals surface area contributed by atoms with Gasteiger partial charge >= 0.3 is 0 Å². The second-order valence-electron chi connectivity index (χ2n) is 4.33. The van der Waals surface area contributed by atoms with Crippen molar-refractivity contribution in [3.63, 3.8) is 0 Å².